The molecule has 1 aromatic carbocycles. The SMILES string of the molecule is CCNC(=O)Nc1cc(-c2nc(CC)cs2)c(Cc2ccc3c(=O)c(C(N)=O)cn(CC)c3c2)cn1. The molecule has 0 aliphatic rings. The van der Waals surface area contributed by atoms with Gasteiger partial charge >= 0.3 is 6.03 Å². The van der Waals surface area contributed by atoms with E-state index in [-0.39, 0.29) is 17.0 Å². The number of nitrogens with one attached hydrogen (secondary N) is 2. The van der Waals surface area contributed by atoms with E-state index in [2.05, 4.69) is 22.5 Å². The van der Waals surface area contributed by atoms with Crippen molar-refractivity contribution in [1.29, 1.82) is 0 Å². The van der Waals surface area contributed by atoms with Gasteiger partial charge in [-0.05, 0) is 56.0 Å². The van der Waals surface area contributed by atoms with Crippen LogP contribution in [0.3, 0.4) is 0 Å². The second-order valence-corrected chi connectivity index (χ2v) is 9.12. The van der Waals surface area contributed by atoms with Crippen molar-refractivity contribution < 1.29 is 9.59 Å². The van der Waals surface area contributed by atoms with E-state index in [1.54, 1.807) is 23.6 Å². The maximum atomic E-state index is 12.8. The normalized spacial score (nSPS) is 11.0. The molecule has 36 heavy (non-hydrogen) atoms. The summed E-state index contributed by atoms with van der Waals surface area (Å²) in [6.07, 6.45) is 4.63. The minimum absolute atomic E-state index is 0.0192. The summed E-state index contributed by atoms with van der Waals surface area (Å²) < 4.78 is 1.85. The number of fused-ring (bicyclic) bond motifs is 1. The van der Waals surface area contributed by atoms with Crippen LogP contribution in [0.25, 0.3) is 21.5 Å². The van der Waals surface area contributed by atoms with Crippen molar-refractivity contribution in [2.75, 3.05) is 11.9 Å². The Balaban J connectivity index is 1.77. The van der Waals surface area contributed by atoms with Crippen LogP contribution in [0.5, 0.6) is 0 Å². The van der Waals surface area contributed by atoms with Gasteiger partial charge in [-0.3, -0.25) is 14.9 Å². The highest BCUT2D eigenvalue weighted by molar-refractivity contribution is 7.13. The van der Waals surface area contributed by atoms with E-state index in [4.69, 9.17) is 10.7 Å². The molecular formula is C26H28N6O3S. The van der Waals surface area contributed by atoms with Gasteiger partial charge in [-0.2, -0.15) is 0 Å². The first-order chi connectivity index (χ1) is 17.3. The van der Waals surface area contributed by atoms with Crippen LogP contribution in [-0.4, -0.2) is 33.0 Å². The molecule has 3 aromatic heterocycles. The van der Waals surface area contributed by atoms with Gasteiger partial charge in [0.25, 0.3) is 5.91 Å². The zero-order chi connectivity index (χ0) is 25.8. The Bertz CT molecular complexity index is 1510. The Kier molecular flexibility index (Phi) is 7.44. The molecule has 9 nitrogen and oxygen atoms in total. The number of aromatic nitrogens is 3. The summed E-state index contributed by atoms with van der Waals surface area (Å²) in [5.74, 6) is -0.301. The van der Waals surface area contributed by atoms with E-state index >= 15 is 0 Å². The number of hydrogen-bond donors (Lipinski definition) is 3. The van der Waals surface area contributed by atoms with Crippen LogP contribution in [-0.2, 0) is 19.4 Å². The number of hydrogen-bond acceptors (Lipinski definition) is 6. The summed E-state index contributed by atoms with van der Waals surface area (Å²) >= 11 is 1.55. The lowest BCUT2D eigenvalue weighted by Crippen LogP contribution is -2.28. The number of primary amides is 1. The molecule has 3 amide bonds. The number of aryl methyl sites for hydroxylation is 2. The van der Waals surface area contributed by atoms with Gasteiger partial charge in [0.2, 0.25) is 5.43 Å². The van der Waals surface area contributed by atoms with Crippen LogP contribution in [0.4, 0.5) is 10.6 Å². The first-order valence-electron chi connectivity index (χ1n) is 11.8. The molecule has 0 bridgehead atoms. The summed E-state index contributed by atoms with van der Waals surface area (Å²) in [4.78, 5) is 45.7. The van der Waals surface area contributed by atoms with E-state index in [1.807, 2.05) is 42.0 Å². The highest BCUT2D eigenvalue weighted by Crippen LogP contribution is 2.31. The van der Waals surface area contributed by atoms with Crippen LogP contribution >= 0.6 is 11.3 Å². The third kappa shape index (κ3) is 5.13. The summed E-state index contributed by atoms with van der Waals surface area (Å²) in [5, 5.41) is 8.80. The number of anilines is 1. The second-order valence-electron chi connectivity index (χ2n) is 8.26. The number of amides is 3. The maximum absolute atomic E-state index is 12.8. The first kappa shape index (κ1) is 25.1. The number of nitrogens with two attached hydrogens (primary N) is 1. The van der Waals surface area contributed by atoms with E-state index in [0.29, 0.717) is 30.7 Å². The molecule has 4 aromatic rings. The summed E-state index contributed by atoms with van der Waals surface area (Å²) in [6.45, 7) is 6.93. The number of carbonyl (C=O) groups is 2. The average molecular weight is 505 g/mol. The minimum atomic E-state index is -0.736. The van der Waals surface area contributed by atoms with Crippen LogP contribution < -0.4 is 21.8 Å². The summed E-state index contributed by atoms with van der Waals surface area (Å²) in [7, 11) is 0. The maximum Gasteiger partial charge on any atom is 0.320 e. The van der Waals surface area contributed by atoms with E-state index in [9.17, 15) is 14.4 Å². The Morgan fingerprint density at radius 1 is 1.17 bits per heavy atom. The fraction of sp³-hybridized carbons (Fsp3) is 0.269. The molecule has 0 saturated heterocycles. The van der Waals surface area contributed by atoms with Crippen LogP contribution in [0.2, 0.25) is 0 Å². The van der Waals surface area contributed by atoms with Gasteiger partial charge in [0, 0.05) is 41.8 Å². The van der Waals surface area contributed by atoms with Crippen molar-refractivity contribution >= 4 is 40.0 Å². The van der Waals surface area contributed by atoms with E-state index < -0.39 is 5.91 Å². The quantitative estimate of drug-likeness (QED) is 0.334. The lowest BCUT2D eigenvalue weighted by molar-refractivity contribution is 0.0998. The summed E-state index contributed by atoms with van der Waals surface area (Å²) in [6, 6.07) is 7.08. The first-order valence-corrected chi connectivity index (χ1v) is 12.7. The predicted molar refractivity (Wildman–Crippen MR) is 143 cm³/mol. The zero-order valence-corrected chi connectivity index (χ0v) is 21.2. The average Bonchev–Trinajstić information content (AvgIpc) is 3.34. The Morgan fingerprint density at radius 2 is 1.97 bits per heavy atom. The topological polar surface area (TPSA) is 132 Å². The van der Waals surface area contributed by atoms with Gasteiger partial charge < -0.3 is 15.6 Å². The zero-order valence-electron chi connectivity index (χ0n) is 20.4. The monoisotopic (exact) mass is 504 g/mol. The molecule has 0 saturated carbocycles. The van der Waals surface area contributed by atoms with Gasteiger partial charge in [-0.25, -0.2) is 14.8 Å². The molecule has 0 fully saturated rings. The molecule has 10 heteroatoms. The molecule has 4 rings (SSSR count). The van der Waals surface area contributed by atoms with Gasteiger partial charge in [0.05, 0.1) is 11.2 Å². The van der Waals surface area contributed by atoms with E-state index in [0.717, 1.165) is 39.3 Å². The van der Waals surface area contributed by atoms with Crippen molar-refractivity contribution in [1.82, 2.24) is 19.9 Å². The minimum Gasteiger partial charge on any atom is -0.365 e. The molecule has 0 radical (unpaired) electrons. The number of benzene rings is 1. The van der Waals surface area contributed by atoms with Crippen molar-refractivity contribution in [3.05, 3.63) is 74.6 Å². The molecule has 186 valence electrons. The molecule has 0 aliphatic carbocycles. The second kappa shape index (κ2) is 10.7. The Hall–Kier alpha value is -4.05. The molecule has 0 spiro atoms. The standard InChI is InChI=1S/C26H28N6O3S/c1-4-17-14-36-25(30-17)19-11-22(31-26(35)28-5-2)29-12-16(19)9-15-7-8-18-21(10-15)32(6-3)13-20(23(18)33)24(27)34/h7-8,10-14H,4-6,9H2,1-3H3,(H2,27,34)(H2,28,29,31,35). The molecular weight excluding hydrogens is 476 g/mol. The molecule has 0 atom stereocenters. The van der Waals surface area contributed by atoms with E-state index in [1.165, 1.54) is 6.20 Å². The largest absolute Gasteiger partial charge is 0.365 e. The van der Waals surface area contributed by atoms with Crippen LogP contribution in [0.15, 0.2) is 46.8 Å². The number of rotatable bonds is 8. The number of pyridine rings is 2. The lowest BCUT2D eigenvalue weighted by atomic mass is 10.00. The third-order valence-electron chi connectivity index (χ3n) is 5.86. The van der Waals surface area contributed by atoms with Gasteiger partial charge in [0.15, 0.2) is 0 Å². The fourth-order valence-corrected chi connectivity index (χ4v) is 4.96. The van der Waals surface area contributed by atoms with Crippen LogP contribution in [0.1, 0.15) is 48.0 Å². The van der Waals surface area contributed by atoms with Crippen molar-refractivity contribution in [3.63, 3.8) is 0 Å². The molecule has 3 heterocycles. The smallest absolute Gasteiger partial charge is 0.320 e. The lowest BCUT2D eigenvalue weighted by Gasteiger charge is -2.14. The summed E-state index contributed by atoms with van der Waals surface area (Å²) in [5.41, 5.74) is 9.55. The number of nitrogens with zero attached hydrogens (tertiary/aromatic N) is 3. The molecule has 0 unspecified atom stereocenters. The number of carbonyl (C=O) groups excluding carboxylic acids is 2. The number of thiazole rings is 1. The molecule has 4 N–H and O–H groups in total. The van der Waals surface area contributed by atoms with Gasteiger partial charge in [0.1, 0.15) is 16.4 Å². The van der Waals surface area contributed by atoms with Gasteiger partial charge in [-0.15, -0.1) is 11.3 Å². The Labute approximate surface area is 212 Å². The van der Waals surface area contributed by atoms with Crippen molar-refractivity contribution in [2.24, 2.45) is 5.73 Å². The van der Waals surface area contributed by atoms with Crippen molar-refractivity contribution in [2.45, 2.75) is 40.2 Å². The highest BCUT2D eigenvalue weighted by Gasteiger charge is 2.16. The third-order valence-corrected chi connectivity index (χ3v) is 6.78. The Morgan fingerprint density at radius 3 is 2.64 bits per heavy atom. The fourth-order valence-electron chi connectivity index (χ4n) is 4.01. The van der Waals surface area contributed by atoms with Gasteiger partial charge in [-0.1, -0.05) is 13.0 Å². The number of urea groups is 1. The highest BCUT2D eigenvalue weighted by atomic mass is 32.1. The predicted octanol–water partition coefficient (Wildman–Crippen LogP) is 3.93. The molecule has 0 aliphatic heterocycles. The van der Waals surface area contributed by atoms with Crippen LogP contribution in [0, 0.1) is 0 Å². The van der Waals surface area contributed by atoms with Crippen molar-refractivity contribution in [3.8, 4) is 10.6 Å².